The number of nitro benzene ring substituents is 1. The Hall–Kier alpha value is -1.11. The number of benzene rings is 1. The van der Waals surface area contributed by atoms with Gasteiger partial charge in [0, 0.05) is 32.2 Å². The van der Waals surface area contributed by atoms with Crippen molar-refractivity contribution in [3.63, 3.8) is 0 Å². The number of rotatable bonds is 3. The molecule has 1 aliphatic heterocycles. The SMILES string of the molecule is O=[N+]([O-])c1ccccc1SN1CCNCC1. The number of nitro groups is 1. The highest BCUT2D eigenvalue weighted by atomic mass is 32.2. The van der Waals surface area contributed by atoms with E-state index in [1.54, 1.807) is 18.2 Å². The quantitative estimate of drug-likeness (QED) is 0.492. The Bertz CT molecular complexity index is 380. The monoisotopic (exact) mass is 239 g/mol. The van der Waals surface area contributed by atoms with Gasteiger partial charge in [-0.3, -0.25) is 10.1 Å². The van der Waals surface area contributed by atoms with Crippen LogP contribution in [0, 0.1) is 10.1 Å². The van der Waals surface area contributed by atoms with E-state index < -0.39 is 0 Å². The van der Waals surface area contributed by atoms with Gasteiger partial charge in [0.2, 0.25) is 0 Å². The van der Waals surface area contributed by atoms with Crippen LogP contribution in [0.3, 0.4) is 0 Å². The van der Waals surface area contributed by atoms with Crippen molar-refractivity contribution < 1.29 is 4.92 Å². The molecule has 1 aromatic carbocycles. The average molecular weight is 239 g/mol. The van der Waals surface area contributed by atoms with Crippen LogP contribution in [0.4, 0.5) is 5.69 Å². The van der Waals surface area contributed by atoms with Gasteiger partial charge >= 0.3 is 0 Å². The molecule has 1 fully saturated rings. The molecule has 5 nitrogen and oxygen atoms in total. The number of nitrogens with one attached hydrogen (secondary N) is 1. The molecule has 0 bridgehead atoms. The van der Waals surface area contributed by atoms with Gasteiger partial charge in [0.15, 0.2) is 0 Å². The zero-order valence-corrected chi connectivity index (χ0v) is 9.57. The van der Waals surface area contributed by atoms with Gasteiger partial charge in [-0.2, -0.15) is 0 Å². The highest BCUT2D eigenvalue weighted by Crippen LogP contribution is 2.31. The molecule has 0 spiro atoms. The fourth-order valence-corrected chi connectivity index (χ4v) is 2.58. The van der Waals surface area contributed by atoms with Crippen LogP contribution in [0.5, 0.6) is 0 Å². The van der Waals surface area contributed by atoms with Gasteiger partial charge in [-0.25, -0.2) is 4.31 Å². The van der Waals surface area contributed by atoms with Crippen LogP contribution in [0.1, 0.15) is 0 Å². The largest absolute Gasteiger partial charge is 0.314 e. The lowest BCUT2D eigenvalue weighted by Crippen LogP contribution is -2.39. The van der Waals surface area contributed by atoms with Crippen LogP contribution < -0.4 is 5.32 Å². The molecule has 86 valence electrons. The third-order valence-electron chi connectivity index (χ3n) is 2.37. The first-order valence-corrected chi connectivity index (χ1v) is 5.92. The fourth-order valence-electron chi connectivity index (χ4n) is 1.56. The van der Waals surface area contributed by atoms with Crippen molar-refractivity contribution in [3.05, 3.63) is 34.4 Å². The third-order valence-corrected chi connectivity index (χ3v) is 3.53. The van der Waals surface area contributed by atoms with Crippen molar-refractivity contribution in [2.24, 2.45) is 0 Å². The third kappa shape index (κ3) is 2.72. The summed E-state index contributed by atoms with van der Waals surface area (Å²) in [6, 6.07) is 6.87. The number of para-hydroxylation sites is 1. The first kappa shape index (κ1) is 11.4. The minimum atomic E-state index is -0.329. The lowest BCUT2D eigenvalue weighted by Gasteiger charge is -2.25. The second-order valence-electron chi connectivity index (χ2n) is 3.50. The molecule has 1 heterocycles. The minimum Gasteiger partial charge on any atom is -0.314 e. The molecular formula is C10H13N3O2S. The molecule has 16 heavy (non-hydrogen) atoms. The lowest BCUT2D eigenvalue weighted by atomic mass is 10.3. The van der Waals surface area contributed by atoms with Crippen molar-refractivity contribution in [2.45, 2.75) is 4.90 Å². The van der Waals surface area contributed by atoms with E-state index in [4.69, 9.17) is 0 Å². The highest BCUT2D eigenvalue weighted by Gasteiger charge is 2.17. The molecule has 0 aliphatic carbocycles. The fraction of sp³-hybridized carbons (Fsp3) is 0.400. The maximum absolute atomic E-state index is 10.8. The van der Waals surface area contributed by atoms with E-state index in [2.05, 4.69) is 9.62 Å². The van der Waals surface area contributed by atoms with Crippen molar-refractivity contribution in [1.82, 2.24) is 9.62 Å². The van der Waals surface area contributed by atoms with E-state index in [0.29, 0.717) is 0 Å². The van der Waals surface area contributed by atoms with Gasteiger partial charge < -0.3 is 5.32 Å². The standard InChI is InChI=1S/C10H13N3O2S/c14-13(15)9-3-1-2-4-10(9)16-12-7-5-11-6-8-12/h1-4,11H,5-8H2. The van der Waals surface area contributed by atoms with Crippen LogP contribution in [-0.2, 0) is 0 Å². The van der Waals surface area contributed by atoms with Crippen molar-refractivity contribution in [2.75, 3.05) is 26.2 Å². The van der Waals surface area contributed by atoms with Gasteiger partial charge in [-0.1, -0.05) is 12.1 Å². The molecular weight excluding hydrogens is 226 g/mol. The van der Waals surface area contributed by atoms with Crippen LogP contribution in [0.15, 0.2) is 29.2 Å². The first-order valence-electron chi connectivity index (χ1n) is 5.14. The molecule has 1 N–H and O–H groups in total. The Balaban J connectivity index is 2.10. The molecule has 0 saturated carbocycles. The number of hydrogen-bond acceptors (Lipinski definition) is 5. The second kappa shape index (κ2) is 5.29. The van der Waals surface area contributed by atoms with Gasteiger partial charge in [0.05, 0.1) is 4.92 Å². The molecule has 1 aliphatic rings. The topological polar surface area (TPSA) is 58.4 Å². The molecule has 2 rings (SSSR count). The molecule has 0 radical (unpaired) electrons. The number of nitrogens with zero attached hydrogens (tertiary/aromatic N) is 2. The molecule has 1 aromatic rings. The predicted molar refractivity (Wildman–Crippen MR) is 63.4 cm³/mol. The zero-order chi connectivity index (χ0) is 11.4. The average Bonchev–Trinajstić information content (AvgIpc) is 2.31. The summed E-state index contributed by atoms with van der Waals surface area (Å²) in [5, 5.41) is 14.1. The highest BCUT2D eigenvalue weighted by molar-refractivity contribution is 7.97. The number of piperazine rings is 1. The lowest BCUT2D eigenvalue weighted by molar-refractivity contribution is -0.387. The van der Waals surface area contributed by atoms with E-state index >= 15 is 0 Å². The second-order valence-corrected chi connectivity index (χ2v) is 4.63. The summed E-state index contributed by atoms with van der Waals surface area (Å²) in [5.74, 6) is 0. The molecule has 0 atom stereocenters. The van der Waals surface area contributed by atoms with Crippen LogP contribution in [-0.4, -0.2) is 35.4 Å². The van der Waals surface area contributed by atoms with Crippen LogP contribution in [0.25, 0.3) is 0 Å². The van der Waals surface area contributed by atoms with E-state index in [-0.39, 0.29) is 10.6 Å². The normalized spacial score (nSPS) is 17.2. The Kier molecular flexibility index (Phi) is 3.76. The predicted octanol–water partition coefficient (Wildman–Crippen LogP) is 1.51. The van der Waals surface area contributed by atoms with E-state index in [9.17, 15) is 10.1 Å². The molecule has 0 amide bonds. The van der Waals surface area contributed by atoms with Gasteiger partial charge in [0.25, 0.3) is 5.69 Å². The van der Waals surface area contributed by atoms with E-state index in [0.717, 1.165) is 31.1 Å². The maximum atomic E-state index is 10.8. The van der Waals surface area contributed by atoms with Gasteiger partial charge in [-0.15, -0.1) is 0 Å². The summed E-state index contributed by atoms with van der Waals surface area (Å²) in [6.45, 7) is 3.70. The number of hydrogen-bond donors (Lipinski definition) is 1. The smallest absolute Gasteiger partial charge is 0.284 e. The van der Waals surface area contributed by atoms with Gasteiger partial charge in [-0.05, 0) is 18.0 Å². The summed E-state index contributed by atoms with van der Waals surface area (Å²) in [7, 11) is 0. The van der Waals surface area contributed by atoms with Crippen molar-refractivity contribution in [3.8, 4) is 0 Å². The Morgan fingerprint density at radius 1 is 1.31 bits per heavy atom. The summed E-state index contributed by atoms with van der Waals surface area (Å²) in [4.78, 5) is 11.2. The Labute approximate surface area is 98.1 Å². The summed E-state index contributed by atoms with van der Waals surface area (Å²) >= 11 is 1.47. The minimum absolute atomic E-state index is 0.186. The Morgan fingerprint density at radius 2 is 2.00 bits per heavy atom. The van der Waals surface area contributed by atoms with Crippen LogP contribution in [0.2, 0.25) is 0 Å². The molecule has 0 aromatic heterocycles. The summed E-state index contributed by atoms with van der Waals surface area (Å²) in [6.07, 6.45) is 0. The van der Waals surface area contributed by atoms with E-state index in [1.807, 2.05) is 6.07 Å². The molecule has 0 unspecified atom stereocenters. The molecule has 6 heteroatoms. The van der Waals surface area contributed by atoms with E-state index in [1.165, 1.54) is 11.9 Å². The Morgan fingerprint density at radius 3 is 2.69 bits per heavy atom. The van der Waals surface area contributed by atoms with Gasteiger partial charge in [0.1, 0.15) is 4.90 Å². The van der Waals surface area contributed by atoms with Crippen molar-refractivity contribution >= 4 is 17.6 Å². The summed E-state index contributed by atoms with van der Waals surface area (Å²) in [5.41, 5.74) is 0.186. The van der Waals surface area contributed by atoms with Crippen molar-refractivity contribution in [1.29, 1.82) is 0 Å². The zero-order valence-electron chi connectivity index (χ0n) is 8.76. The maximum Gasteiger partial charge on any atom is 0.284 e. The first-order chi connectivity index (χ1) is 7.77. The van der Waals surface area contributed by atoms with Crippen LogP contribution >= 0.6 is 11.9 Å². The molecule has 1 saturated heterocycles. The summed E-state index contributed by atoms with van der Waals surface area (Å²) < 4.78 is 2.15.